The highest BCUT2D eigenvalue weighted by Crippen LogP contribution is 2.33. The third-order valence-electron chi connectivity index (χ3n) is 4.54. The van der Waals surface area contributed by atoms with Gasteiger partial charge in [-0.15, -0.1) is 0 Å². The highest BCUT2D eigenvalue weighted by Gasteiger charge is 2.35. The van der Waals surface area contributed by atoms with Crippen LogP contribution in [0, 0.1) is 5.92 Å². The molecule has 1 N–H and O–H groups in total. The van der Waals surface area contributed by atoms with Gasteiger partial charge in [-0.25, -0.2) is 8.78 Å². The minimum atomic E-state index is -2.17. The van der Waals surface area contributed by atoms with Crippen molar-refractivity contribution in [3.63, 3.8) is 0 Å². The van der Waals surface area contributed by atoms with Gasteiger partial charge in [0.15, 0.2) is 0 Å². The standard InChI is InChI=1S/C15H26F2N2O/c1-11(18-13-9-12(10-13)15(16)17)5-4-6-14(20)19-7-2-3-8-19/h11-13,15,18H,2-10H2,1H3. The van der Waals surface area contributed by atoms with Crippen molar-refractivity contribution in [2.75, 3.05) is 13.1 Å². The third kappa shape index (κ3) is 4.40. The lowest BCUT2D eigenvalue weighted by molar-refractivity contribution is -0.130. The van der Waals surface area contributed by atoms with Crippen molar-refractivity contribution in [2.24, 2.45) is 5.92 Å². The summed E-state index contributed by atoms with van der Waals surface area (Å²) in [6, 6.07) is 0.559. The quantitative estimate of drug-likeness (QED) is 0.781. The number of hydrogen-bond donors (Lipinski definition) is 1. The molecule has 1 unspecified atom stereocenters. The van der Waals surface area contributed by atoms with E-state index in [1.165, 1.54) is 0 Å². The summed E-state index contributed by atoms with van der Waals surface area (Å²) in [6.07, 6.45) is 3.73. The number of nitrogens with one attached hydrogen (secondary N) is 1. The molecule has 1 heterocycles. The van der Waals surface area contributed by atoms with Crippen LogP contribution < -0.4 is 5.32 Å². The fourth-order valence-corrected chi connectivity index (χ4v) is 3.17. The van der Waals surface area contributed by atoms with Crippen LogP contribution in [-0.4, -0.2) is 42.4 Å². The normalized spacial score (nSPS) is 27.7. The summed E-state index contributed by atoms with van der Waals surface area (Å²) in [5, 5.41) is 3.39. The van der Waals surface area contributed by atoms with Gasteiger partial charge in [0.25, 0.3) is 0 Å². The summed E-state index contributed by atoms with van der Waals surface area (Å²) >= 11 is 0. The van der Waals surface area contributed by atoms with Gasteiger partial charge in [-0.05, 0) is 45.4 Å². The molecule has 116 valence electrons. The average molecular weight is 288 g/mol. The maximum absolute atomic E-state index is 12.4. The van der Waals surface area contributed by atoms with Crippen molar-refractivity contribution in [2.45, 2.75) is 70.4 Å². The molecule has 1 aliphatic carbocycles. The highest BCUT2D eigenvalue weighted by atomic mass is 19.3. The maximum atomic E-state index is 12.4. The zero-order valence-corrected chi connectivity index (χ0v) is 12.3. The van der Waals surface area contributed by atoms with Gasteiger partial charge in [0.05, 0.1) is 0 Å². The van der Waals surface area contributed by atoms with Crippen LogP contribution in [0.3, 0.4) is 0 Å². The fourth-order valence-electron chi connectivity index (χ4n) is 3.17. The van der Waals surface area contributed by atoms with E-state index in [4.69, 9.17) is 0 Å². The van der Waals surface area contributed by atoms with Crippen molar-refractivity contribution < 1.29 is 13.6 Å². The smallest absolute Gasteiger partial charge is 0.241 e. The molecule has 1 amide bonds. The van der Waals surface area contributed by atoms with Gasteiger partial charge in [-0.2, -0.15) is 0 Å². The van der Waals surface area contributed by atoms with E-state index in [2.05, 4.69) is 12.2 Å². The number of halogens is 2. The molecule has 5 heteroatoms. The molecule has 0 aromatic carbocycles. The molecule has 1 aliphatic heterocycles. The Morgan fingerprint density at radius 3 is 2.55 bits per heavy atom. The van der Waals surface area contributed by atoms with Crippen molar-refractivity contribution in [1.29, 1.82) is 0 Å². The Morgan fingerprint density at radius 2 is 1.95 bits per heavy atom. The molecule has 2 aliphatic rings. The Labute approximate surface area is 120 Å². The number of likely N-dealkylation sites (tertiary alicyclic amines) is 1. The number of nitrogens with zero attached hydrogens (tertiary/aromatic N) is 1. The molecule has 1 saturated carbocycles. The van der Waals surface area contributed by atoms with Gasteiger partial charge in [-0.1, -0.05) is 0 Å². The van der Waals surface area contributed by atoms with Crippen LogP contribution in [0.4, 0.5) is 8.78 Å². The summed E-state index contributed by atoms with van der Waals surface area (Å²) in [4.78, 5) is 13.8. The Hall–Kier alpha value is -0.710. The topological polar surface area (TPSA) is 32.3 Å². The van der Waals surface area contributed by atoms with E-state index in [1.54, 1.807) is 0 Å². The van der Waals surface area contributed by atoms with E-state index in [-0.39, 0.29) is 11.9 Å². The summed E-state index contributed by atoms with van der Waals surface area (Å²) in [5.74, 6) is -0.132. The summed E-state index contributed by atoms with van der Waals surface area (Å²) < 4.78 is 24.7. The van der Waals surface area contributed by atoms with Crippen LogP contribution in [-0.2, 0) is 4.79 Å². The minimum absolute atomic E-state index is 0.248. The van der Waals surface area contributed by atoms with Gasteiger partial charge < -0.3 is 10.2 Å². The van der Waals surface area contributed by atoms with Crippen LogP contribution in [0.25, 0.3) is 0 Å². The van der Waals surface area contributed by atoms with E-state index in [0.717, 1.165) is 38.8 Å². The SMILES string of the molecule is CC(CCCC(=O)N1CCCC1)NC1CC(C(F)F)C1. The van der Waals surface area contributed by atoms with E-state index < -0.39 is 12.3 Å². The first-order chi connectivity index (χ1) is 9.56. The van der Waals surface area contributed by atoms with Gasteiger partial charge in [-0.3, -0.25) is 4.79 Å². The molecule has 20 heavy (non-hydrogen) atoms. The van der Waals surface area contributed by atoms with Crippen molar-refractivity contribution in [3.05, 3.63) is 0 Å². The second kappa shape index (κ2) is 7.34. The van der Waals surface area contributed by atoms with E-state index >= 15 is 0 Å². The number of carbonyl (C=O) groups excluding carboxylic acids is 1. The van der Waals surface area contributed by atoms with Crippen LogP contribution >= 0.6 is 0 Å². The fraction of sp³-hybridized carbons (Fsp3) is 0.933. The minimum Gasteiger partial charge on any atom is -0.343 e. The van der Waals surface area contributed by atoms with E-state index in [1.807, 2.05) is 4.90 Å². The van der Waals surface area contributed by atoms with Gasteiger partial charge in [0.2, 0.25) is 12.3 Å². The second-order valence-corrected chi connectivity index (χ2v) is 6.31. The first-order valence-electron chi connectivity index (χ1n) is 7.88. The van der Waals surface area contributed by atoms with Gasteiger partial charge in [0, 0.05) is 37.5 Å². The first kappa shape index (κ1) is 15.7. The zero-order valence-electron chi connectivity index (χ0n) is 12.3. The molecule has 0 bridgehead atoms. The van der Waals surface area contributed by atoms with Crippen LogP contribution in [0.15, 0.2) is 0 Å². The summed E-state index contributed by atoms with van der Waals surface area (Å²) in [6.45, 7) is 3.92. The Bertz CT molecular complexity index is 313. The summed E-state index contributed by atoms with van der Waals surface area (Å²) in [7, 11) is 0. The predicted octanol–water partition coefficient (Wildman–Crippen LogP) is 2.80. The van der Waals surface area contributed by atoms with Crippen LogP contribution in [0.2, 0.25) is 0 Å². The largest absolute Gasteiger partial charge is 0.343 e. The third-order valence-corrected chi connectivity index (χ3v) is 4.54. The highest BCUT2D eigenvalue weighted by molar-refractivity contribution is 5.76. The number of hydrogen-bond acceptors (Lipinski definition) is 2. The Kier molecular flexibility index (Phi) is 5.75. The summed E-state index contributed by atoms with van der Waals surface area (Å²) in [5.41, 5.74) is 0. The maximum Gasteiger partial charge on any atom is 0.241 e. The van der Waals surface area contributed by atoms with Crippen LogP contribution in [0.1, 0.15) is 51.9 Å². The molecule has 0 radical (unpaired) electrons. The molecular formula is C15H26F2N2O. The second-order valence-electron chi connectivity index (χ2n) is 6.31. The van der Waals surface area contributed by atoms with Crippen molar-refractivity contribution in [3.8, 4) is 0 Å². The average Bonchev–Trinajstić information content (AvgIpc) is 2.86. The first-order valence-corrected chi connectivity index (χ1v) is 7.88. The molecular weight excluding hydrogens is 262 g/mol. The molecule has 2 fully saturated rings. The lowest BCUT2D eigenvalue weighted by atomic mass is 9.80. The molecule has 1 atom stereocenters. The van der Waals surface area contributed by atoms with Crippen molar-refractivity contribution >= 4 is 5.91 Å². The van der Waals surface area contributed by atoms with Gasteiger partial charge in [0.1, 0.15) is 0 Å². The number of alkyl halides is 2. The predicted molar refractivity (Wildman–Crippen MR) is 74.8 cm³/mol. The molecule has 0 spiro atoms. The van der Waals surface area contributed by atoms with Gasteiger partial charge >= 0.3 is 0 Å². The lowest BCUT2D eigenvalue weighted by Crippen LogP contribution is -2.47. The molecule has 2 rings (SSSR count). The zero-order chi connectivity index (χ0) is 14.5. The lowest BCUT2D eigenvalue weighted by Gasteiger charge is -2.37. The molecule has 0 aromatic rings. The van der Waals surface area contributed by atoms with E-state index in [0.29, 0.717) is 25.3 Å². The molecule has 0 aromatic heterocycles. The number of amides is 1. The van der Waals surface area contributed by atoms with E-state index in [9.17, 15) is 13.6 Å². The Balaban J connectivity index is 1.52. The molecule has 1 saturated heterocycles. The van der Waals surface area contributed by atoms with Crippen LogP contribution in [0.5, 0.6) is 0 Å². The number of rotatable bonds is 7. The van der Waals surface area contributed by atoms with Crippen molar-refractivity contribution in [1.82, 2.24) is 10.2 Å². The molecule has 3 nitrogen and oxygen atoms in total. The monoisotopic (exact) mass is 288 g/mol. The Morgan fingerprint density at radius 1 is 1.30 bits per heavy atom. The number of carbonyl (C=O) groups is 1.